The van der Waals surface area contributed by atoms with E-state index in [1.54, 1.807) is 0 Å². The molecule has 0 saturated heterocycles. The average molecular weight is 194 g/mol. The molecule has 0 radical (unpaired) electrons. The van der Waals surface area contributed by atoms with Crippen LogP contribution in [0.3, 0.4) is 0 Å². The summed E-state index contributed by atoms with van der Waals surface area (Å²) in [6.45, 7) is 6.87. The fourth-order valence-electron chi connectivity index (χ4n) is 1.66. The summed E-state index contributed by atoms with van der Waals surface area (Å²) in [6, 6.07) is 0. The molecule has 0 aromatic carbocycles. The zero-order valence-corrected chi connectivity index (χ0v) is 9.36. The summed E-state index contributed by atoms with van der Waals surface area (Å²) in [5.41, 5.74) is 0. The summed E-state index contributed by atoms with van der Waals surface area (Å²) in [4.78, 5) is 0. The lowest BCUT2D eigenvalue weighted by Gasteiger charge is -2.12. The van der Waals surface area contributed by atoms with E-state index in [1.165, 1.54) is 38.5 Å². The highest BCUT2D eigenvalue weighted by molar-refractivity contribution is 6.02. The van der Waals surface area contributed by atoms with Crippen molar-refractivity contribution in [3.8, 4) is 0 Å². The second kappa shape index (κ2) is 13.8. The van der Waals surface area contributed by atoms with Crippen LogP contribution in [0.5, 0.6) is 0 Å². The number of rotatable bonds is 6. The third-order valence-electron chi connectivity index (χ3n) is 2.09. The van der Waals surface area contributed by atoms with Gasteiger partial charge in [-0.3, -0.25) is 0 Å². The van der Waals surface area contributed by atoms with Crippen molar-refractivity contribution in [3.05, 3.63) is 0 Å². The van der Waals surface area contributed by atoms with E-state index in [1.807, 2.05) is 0 Å². The zero-order chi connectivity index (χ0) is 9.82. The standard InChI is InChI=1S/C10H22.ClO/c1-4-7-10(8-5-2)9-6-3;1-2/h10H,4-9H2,1-3H3;/q;-1. The van der Waals surface area contributed by atoms with Crippen molar-refractivity contribution >= 4 is 11.9 Å². The third kappa shape index (κ3) is 10.2. The van der Waals surface area contributed by atoms with Gasteiger partial charge in [0.15, 0.2) is 0 Å². The molecule has 0 aromatic heterocycles. The van der Waals surface area contributed by atoms with Crippen molar-refractivity contribution in [2.24, 2.45) is 5.92 Å². The molecule has 0 spiro atoms. The summed E-state index contributed by atoms with van der Waals surface area (Å²) in [6.07, 6.45) is 8.44. The molecule has 0 amide bonds. The van der Waals surface area contributed by atoms with E-state index in [0.29, 0.717) is 0 Å². The van der Waals surface area contributed by atoms with Gasteiger partial charge in [-0.15, -0.1) is 0 Å². The van der Waals surface area contributed by atoms with Gasteiger partial charge in [0.1, 0.15) is 0 Å². The van der Waals surface area contributed by atoms with Gasteiger partial charge in [-0.25, -0.2) is 11.9 Å². The van der Waals surface area contributed by atoms with E-state index in [2.05, 4.69) is 32.6 Å². The molecule has 0 fully saturated rings. The van der Waals surface area contributed by atoms with Crippen LogP contribution in [-0.4, -0.2) is 0 Å². The van der Waals surface area contributed by atoms with Crippen LogP contribution in [0.2, 0.25) is 0 Å². The van der Waals surface area contributed by atoms with Crippen molar-refractivity contribution in [2.45, 2.75) is 59.3 Å². The van der Waals surface area contributed by atoms with Crippen molar-refractivity contribution in [2.75, 3.05) is 0 Å². The minimum Gasteiger partial charge on any atom is -0.769 e. The predicted molar refractivity (Wildman–Crippen MR) is 54.1 cm³/mol. The summed E-state index contributed by atoms with van der Waals surface area (Å²) in [7, 11) is 0. The largest absolute Gasteiger partial charge is 0.769 e. The topological polar surface area (TPSA) is 23.1 Å². The summed E-state index contributed by atoms with van der Waals surface area (Å²) >= 11 is 3.39. The third-order valence-corrected chi connectivity index (χ3v) is 2.09. The van der Waals surface area contributed by atoms with Crippen LogP contribution in [0.15, 0.2) is 0 Å². The molecular weight excluding hydrogens is 172 g/mol. The average Bonchev–Trinajstić information content (AvgIpc) is 2.10. The Labute approximate surface area is 82.3 Å². The number of hydrogen-bond donors (Lipinski definition) is 0. The van der Waals surface area contributed by atoms with Gasteiger partial charge in [-0.2, -0.15) is 0 Å². The first kappa shape index (κ1) is 14.8. The highest BCUT2D eigenvalue weighted by Crippen LogP contribution is 2.18. The molecule has 0 unspecified atom stereocenters. The molecule has 0 N–H and O–H groups in total. The molecule has 0 bridgehead atoms. The maximum Gasteiger partial charge on any atom is -0.0415 e. The minimum atomic E-state index is 1.03. The highest BCUT2D eigenvalue weighted by atomic mass is 35.5. The Kier molecular flexibility index (Phi) is 17.0. The first-order chi connectivity index (χ1) is 5.85. The molecule has 0 aliphatic heterocycles. The molecule has 0 aliphatic carbocycles. The summed E-state index contributed by atoms with van der Waals surface area (Å²) in [5.74, 6) is 1.03. The zero-order valence-electron chi connectivity index (χ0n) is 8.61. The van der Waals surface area contributed by atoms with Crippen LogP contribution in [0.25, 0.3) is 0 Å². The number of hydrogen-bond acceptors (Lipinski definition) is 1. The molecule has 0 aliphatic rings. The normalized spacial score (nSPS) is 9.50. The van der Waals surface area contributed by atoms with E-state index >= 15 is 0 Å². The quantitative estimate of drug-likeness (QED) is 0.633. The Morgan fingerprint density at radius 1 is 0.833 bits per heavy atom. The highest BCUT2D eigenvalue weighted by Gasteiger charge is 2.03. The lowest BCUT2D eigenvalue weighted by molar-refractivity contribution is -0.166. The van der Waals surface area contributed by atoms with E-state index in [-0.39, 0.29) is 0 Å². The molecule has 0 saturated carbocycles. The van der Waals surface area contributed by atoms with E-state index in [9.17, 15) is 0 Å². The van der Waals surface area contributed by atoms with E-state index in [4.69, 9.17) is 4.66 Å². The summed E-state index contributed by atoms with van der Waals surface area (Å²) < 4.78 is 7.72. The SMILES string of the molecule is CCCC(CCC)CCC.[O-]Cl. The lowest BCUT2D eigenvalue weighted by Crippen LogP contribution is -1.98. The van der Waals surface area contributed by atoms with Gasteiger partial charge in [-0.1, -0.05) is 59.3 Å². The molecule has 76 valence electrons. The van der Waals surface area contributed by atoms with Crippen molar-refractivity contribution in [1.82, 2.24) is 0 Å². The Morgan fingerprint density at radius 2 is 1.08 bits per heavy atom. The fraction of sp³-hybridized carbons (Fsp3) is 1.00. The lowest BCUT2D eigenvalue weighted by atomic mass is 9.94. The Balaban J connectivity index is 0. The Bertz CT molecular complexity index is 52.6. The Hall–Kier alpha value is 0.250. The Morgan fingerprint density at radius 3 is 1.25 bits per heavy atom. The van der Waals surface area contributed by atoms with Crippen LogP contribution < -0.4 is 4.66 Å². The monoisotopic (exact) mass is 193 g/mol. The molecule has 2 heteroatoms. The maximum atomic E-state index is 7.72. The number of halogens is 1. The molecule has 0 heterocycles. The van der Waals surface area contributed by atoms with Crippen molar-refractivity contribution in [3.63, 3.8) is 0 Å². The van der Waals surface area contributed by atoms with Gasteiger partial charge >= 0.3 is 0 Å². The molecule has 0 aromatic rings. The second-order valence-corrected chi connectivity index (χ2v) is 3.23. The van der Waals surface area contributed by atoms with Crippen LogP contribution in [0.1, 0.15) is 59.3 Å². The minimum absolute atomic E-state index is 1.03. The van der Waals surface area contributed by atoms with Crippen LogP contribution in [0.4, 0.5) is 0 Å². The molecule has 0 atom stereocenters. The molecule has 0 rings (SSSR count). The molecule has 12 heavy (non-hydrogen) atoms. The first-order valence-electron chi connectivity index (χ1n) is 5.00. The van der Waals surface area contributed by atoms with E-state index < -0.39 is 0 Å². The van der Waals surface area contributed by atoms with Gasteiger partial charge in [-0.05, 0) is 5.92 Å². The van der Waals surface area contributed by atoms with E-state index in [0.717, 1.165) is 5.92 Å². The van der Waals surface area contributed by atoms with Gasteiger partial charge in [0, 0.05) is 0 Å². The van der Waals surface area contributed by atoms with Crippen LogP contribution in [-0.2, 0) is 0 Å². The molecular formula is C10H22ClO-. The fourth-order valence-corrected chi connectivity index (χ4v) is 1.66. The second-order valence-electron chi connectivity index (χ2n) is 3.23. The smallest absolute Gasteiger partial charge is 0.0415 e. The molecule has 1 nitrogen and oxygen atoms in total. The van der Waals surface area contributed by atoms with Gasteiger partial charge in [0.2, 0.25) is 0 Å². The van der Waals surface area contributed by atoms with Gasteiger partial charge in [0.25, 0.3) is 0 Å². The predicted octanol–water partition coefficient (Wildman–Crippen LogP) is 3.50. The summed E-state index contributed by atoms with van der Waals surface area (Å²) in [5, 5.41) is 0. The van der Waals surface area contributed by atoms with Crippen molar-refractivity contribution < 1.29 is 4.66 Å². The van der Waals surface area contributed by atoms with Crippen molar-refractivity contribution in [1.29, 1.82) is 0 Å². The van der Waals surface area contributed by atoms with Crippen LogP contribution >= 0.6 is 11.9 Å². The first-order valence-corrected chi connectivity index (χ1v) is 5.31. The van der Waals surface area contributed by atoms with Gasteiger partial charge < -0.3 is 4.66 Å². The van der Waals surface area contributed by atoms with Gasteiger partial charge in [0.05, 0.1) is 0 Å². The van der Waals surface area contributed by atoms with Crippen LogP contribution in [0, 0.1) is 5.92 Å². The maximum absolute atomic E-state index is 7.72.